The largest absolute Gasteiger partial charge is 0.478 e. The summed E-state index contributed by atoms with van der Waals surface area (Å²) < 4.78 is 0. The van der Waals surface area contributed by atoms with Crippen LogP contribution in [0.15, 0.2) is 48.5 Å². The lowest BCUT2D eigenvalue weighted by Gasteiger charge is -2.19. The summed E-state index contributed by atoms with van der Waals surface area (Å²) in [6.07, 6.45) is 0. The lowest BCUT2D eigenvalue weighted by atomic mass is 9.95. The van der Waals surface area contributed by atoms with Crippen LogP contribution in [-0.2, 0) is 0 Å². The predicted molar refractivity (Wildman–Crippen MR) is 101 cm³/mol. The lowest BCUT2D eigenvalue weighted by Crippen LogP contribution is -2.14. The highest BCUT2D eigenvalue weighted by Gasteiger charge is 2.17. The highest BCUT2D eigenvalue weighted by atomic mass is 35.5. The summed E-state index contributed by atoms with van der Waals surface area (Å²) in [6.45, 7) is 0. The second kappa shape index (κ2) is 6.34. The summed E-state index contributed by atoms with van der Waals surface area (Å²) >= 11 is 12.3. The number of benzene rings is 3. The smallest absolute Gasteiger partial charge is 0.337 e. The van der Waals surface area contributed by atoms with Crippen LogP contribution in [0.5, 0.6) is 0 Å². The Morgan fingerprint density at radius 3 is 2.21 bits per heavy atom. The molecular weight excluding hydrogens is 345 g/mol. The molecule has 3 aromatic carbocycles. The molecule has 0 aromatic heterocycles. The lowest BCUT2D eigenvalue weighted by molar-refractivity contribution is 0.0698. The molecule has 0 saturated heterocycles. The van der Waals surface area contributed by atoms with Crippen molar-refractivity contribution in [3.05, 3.63) is 64.1 Å². The van der Waals surface area contributed by atoms with Crippen LogP contribution in [0.4, 0.5) is 5.69 Å². The number of carboxylic acid groups (broad SMARTS) is 1. The number of nitrogens with zero attached hydrogens (tertiary/aromatic N) is 1. The van der Waals surface area contributed by atoms with Crippen molar-refractivity contribution < 1.29 is 9.90 Å². The zero-order valence-electron chi connectivity index (χ0n) is 13.2. The van der Waals surface area contributed by atoms with Crippen LogP contribution in [0, 0.1) is 0 Å². The van der Waals surface area contributed by atoms with Gasteiger partial charge in [0.25, 0.3) is 0 Å². The van der Waals surface area contributed by atoms with Crippen LogP contribution in [0.1, 0.15) is 10.4 Å². The van der Waals surface area contributed by atoms with E-state index in [0.29, 0.717) is 15.7 Å². The van der Waals surface area contributed by atoms with E-state index in [4.69, 9.17) is 23.2 Å². The van der Waals surface area contributed by atoms with Gasteiger partial charge in [0.05, 0.1) is 11.3 Å². The highest BCUT2D eigenvalue weighted by molar-refractivity contribution is 6.35. The summed E-state index contributed by atoms with van der Waals surface area (Å²) in [5.41, 5.74) is 2.80. The van der Waals surface area contributed by atoms with Gasteiger partial charge in [0.2, 0.25) is 0 Å². The van der Waals surface area contributed by atoms with Crippen molar-refractivity contribution in [2.45, 2.75) is 0 Å². The highest BCUT2D eigenvalue weighted by Crippen LogP contribution is 2.37. The maximum Gasteiger partial charge on any atom is 0.337 e. The van der Waals surface area contributed by atoms with Gasteiger partial charge < -0.3 is 10.0 Å². The van der Waals surface area contributed by atoms with E-state index in [9.17, 15) is 9.90 Å². The molecule has 24 heavy (non-hydrogen) atoms. The molecule has 0 amide bonds. The topological polar surface area (TPSA) is 40.5 Å². The summed E-state index contributed by atoms with van der Waals surface area (Å²) in [4.78, 5) is 13.4. The molecule has 0 unspecified atom stereocenters. The first-order valence-electron chi connectivity index (χ1n) is 7.31. The maximum atomic E-state index is 11.6. The SMILES string of the molecule is CN(C)c1c(C(=O)O)ccc2c(-c3cc(Cl)cc(Cl)c3)cccc12. The first-order chi connectivity index (χ1) is 11.4. The molecule has 0 saturated carbocycles. The molecule has 0 radical (unpaired) electrons. The van der Waals surface area contributed by atoms with Gasteiger partial charge >= 0.3 is 5.97 Å². The molecule has 3 rings (SSSR count). The number of carbonyl (C=O) groups is 1. The van der Waals surface area contributed by atoms with Gasteiger partial charge in [-0.05, 0) is 40.8 Å². The number of anilines is 1. The zero-order chi connectivity index (χ0) is 17.4. The Labute approximate surface area is 150 Å². The van der Waals surface area contributed by atoms with E-state index in [1.54, 1.807) is 12.1 Å². The Hall–Kier alpha value is -2.23. The standard InChI is InChI=1S/C19H15Cl2NO2/c1-22(2)18-16-5-3-4-14(11-8-12(20)10-13(21)9-11)15(16)6-7-17(18)19(23)24/h3-10H,1-2H3,(H,23,24). The number of rotatable bonds is 3. The molecule has 1 N–H and O–H groups in total. The molecule has 122 valence electrons. The fourth-order valence-electron chi connectivity index (χ4n) is 2.96. The summed E-state index contributed by atoms with van der Waals surface area (Å²) in [5.74, 6) is -0.947. The minimum Gasteiger partial charge on any atom is -0.478 e. The van der Waals surface area contributed by atoms with Gasteiger partial charge in [0, 0.05) is 29.5 Å². The fraction of sp³-hybridized carbons (Fsp3) is 0.105. The van der Waals surface area contributed by atoms with Crippen molar-refractivity contribution in [1.82, 2.24) is 0 Å². The van der Waals surface area contributed by atoms with Gasteiger partial charge in [-0.25, -0.2) is 4.79 Å². The van der Waals surface area contributed by atoms with Gasteiger partial charge in [0.15, 0.2) is 0 Å². The average molecular weight is 360 g/mol. The molecule has 3 aromatic rings. The monoisotopic (exact) mass is 359 g/mol. The van der Waals surface area contributed by atoms with Crippen molar-refractivity contribution >= 4 is 45.6 Å². The van der Waals surface area contributed by atoms with Crippen LogP contribution >= 0.6 is 23.2 Å². The molecule has 0 aliphatic rings. The van der Waals surface area contributed by atoms with Crippen molar-refractivity contribution in [1.29, 1.82) is 0 Å². The Kier molecular flexibility index (Phi) is 4.39. The third-order valence-electron chi connectivity index (χ3n) is 3.88. The fourth-order valence-corrected chi connectivity index (χ4v) is 3.48. The van der Waals surface area contributed by atoms with E-state index < -0.39 is 5.97 Å². The number of hydrogen-bond acceptors (Lipinski definition) is 2. The Bertz CT molecular complexity index is 931. The molecule has 0 heterocycles. The van der Waals surface area contributed by atoms with Gasteiger partial charge in [-0.15, -0.1) is 0 Å². The van der Waals surface area contributed by atoms with Crippen LogP contribution in [0.25, 0.3) is 21.9 Å². The Balaban J connectivity index is 2.36. The summed E-state index contributed by atoms with van der Waals surface area (Å²) in [5, 5.41) is 12.4. The van der Waals surface area contributed by atoms with Gasteiger partial charge in [-0.1, -0.05) is 47.5 Å². The van der Waals surface area contributed by atoms with Gasteiger partial charge in [-0.3, -0.25) is 0 Å². The average Bonchev–Trinajstić information content (AvgIpc) is 2.51. The van der Waals surface area contributed by atoms with E-state index >= 15 is 0 Å². The van der Waals surface area contributed by atoms with E-state index in [2.05, 4.69) is 0 Å². The molecular formula is C19H15Cl2NO2. The summed E-state index contributed by atoms with van der Waals surface area (Å²) in [6, 6.07) is 14.7. The van der Waals surface area contributed by atoms with Crippen LogP contribution in [-0.4, -0.2) is 25.2 Å². The minimum absolute atomic E-state index is 0.272. The van der Waals surface area contributed by atoms with Crippen molar-refractivity contribution in [2.75, 3.05) is 19.0 Å². The van der Waals surface area contributed by atoms with Crippen molar-refractivity contribution in [2.24, 2.45) is 0 Å². The number of halogens is 2. The first kappa shape index (κ1) is 16.6. The number of hydrogen-bond donors (Lipinski definition) is 1. The minimum atomic E-state index is -0.947. The number of fused-ring (bicyclic) bond motifs is 1. The van der Waals surface area contributed by atoms with Crippen LogP contribution in [0.2, 0.25) is 10.0 Å². The Morgan fingerprint density at radius 2 is 1.62 bits per heavy atom. The van der Waals surface area contributed by atoms with Gasteiger partial charge in [0.1, 0.15) is 0 Å². The molecule has 0 bridgehead atoms. The normalized spacial score (nSPS) is 10.8. The molecule has 0 fully saturated rings. The van der Waals surface area contributed by atoms with Crippen molar-refractivity contribution in [3.8, 4) is 11.1 Å². The summed E-state index contributed by atoms with van der Waals surface area (Å²) in [7, 11) is 3.67. The van der Waals surface area contributed by atoms with Crippen LogP contribution < -0.4 is 4.90 Å². The van der Waals surface area contributed by atoms with Gasteiger partial charge in [-0.2, -0.15) is 0 Å². The maximum absolute atomic E-state index is 11.6. The molecule has 0 aliphatic heterocycles. The van der Waals surface area contributed by atoms with E-state index in [1.165, 1.54) is 0 Å². The van der Waals surface area contributed by atoms with E-state index in [1.807, 2.05) is 55.4 Å². The second-order valence-corrected chi connectivity index (χ2v) is 6.59. The predicted octanol–water partition coefficient (Wildman–Crippen LogP) is 5.58. The van der Waals surface area contributed by atoms with E-state index in [0.717, 1.165) is 21.9 Å². The zero-order valence-corrected chi connectivity index (χ0v) is 14.7. The number of aromatic carboxylic acids is 1. The molecule has 5 heteroatoms. The Morgan fingerprint density at radius 1 is 0.958 bits per heavy atom. The molecule has 0 spiro atoms. The first-order valence-corrected chi connectivity index (χ1v) is 8.07. The molecule has 0 aliphatic carbocycles. The third kappa shape index (κ3) is 2.93. The van der Waals surface area contributed by atoms with E-state index in [-0.39, 0.29) is 5.56 Å². The molecule has 0 atom stereocenters. The quantitative estimate of drug-likeness (QED) is 0.663. The van der Waals surface area contributed by atoms with Crippen LogP contribution in [0.3, 0.4) is 0 Å². The second-order valence-electron chi connectivity index (χ2n) is 5.72. The molecule has 3 nitrogen and oxygen atoms in total. The van der Waals surface area contributed by atoms with Crippen molar-refractivity contribution in [3.63, 3.8) is 0 Å². The number of carboxylic acids is 1. The third-order valence-corrected chi connectivity index (χ3v) is 4.32.